The number of methoxy groups -OCH3 is 5. The molecule has 0 amide bonds. The Kier molecular flexibility index (Phi) is 8.94. The van der Waals surface area contributed by atoms with Crippen molar-refractivity contribution in [1.82, 2.24) is 9.97 Å². The van der Waals surface area contributed by atoms with Gasteiger partial charge in [0.1, 0.15) is 17.2 Å². The van der Waals surface area contributed by atoms with E-state index in [1.807, 2.05) is 32.0 Å². The van der Waals surface area contributed by atoms with E-state index in [4.69, 9.17) is 38.1 Å². The number of esters is 1. The van der Waals surface area contributed by atoms with Gasteiger partial charge in [0.25, 0.3) is 0 Å². The molecule has 0 spiro atoms. The largest absolute Gasteiger partial charge is 0.496 e. The van der Waals surface area contributed by atoms with Crippen molar-refractivity contribution in [2.24, 2.45) is 0 Å². The Morgan fingerprint density at radius 1 is 0.814 bits per heavy atom. The van der Waals surface area contributed by atoms with Crippen molar-refractivity contribution in [3.05, 3.63) is 46.8 Å². The number of hydrogen-bond donors (Lipinski definition) is 0. The first-order chi connectivity index (χ1) is 20.2. The molecule has 0 aliphatic heterocycles. The monoisotopic (exact) mass is 606 g/mol. The molecule has 0 N–H and O–H groups in total. The normalized spacial score (nSPS) is 12.0. The summed E-state index contributed by atoms with van der Waals surface area (Å²) in [7, 11) is 5.62. The molecule has 0 atom stereocenters. The Bertz CT molecular complexity index is 1710. The fourth-order valence-corrected chi connectivity index (χ4v) is 5.98. The highest BCUT2D eigenvalue weighted by Gasteiger charge is 2.37. The highest BCUT2D eigenvalue weighted by molar-refractivity contribution is 6.74. The predicted octanol–water partition coefficient (Wildman–Crippen LogP) is 7.41. The van der Waals surface area contributed by atoms with Crippen molar-refractivity contribution in [2.75, 3.05) is 35.5 Å². The number of carbonyl (C=O) groups excluding carboxylic acids is 1. The van der Waals surface area contributed by atoms with E-state index in [-0.39, 0.29) is 17.3 Å². The molecule has 2 heterocycles. The molecule has 4 rings (SSSR count). The zero-order chi connectivity index (χ0) is 31.9. The van der Waals surface area contributed by atoms with Crippen LogP contribution in [0.2, 0.25) is 18.1 Å². The number of rotatable bonds is 9. The van der Waals surface area contributed by atoms with Crippen LogP contribution in [0.1, 0.15) is 48.1 Å². The van der Waals surface area contributed by atoms with Gasteiger partial charge in [0, 0.05) is 16.3 Å². The maximum atomic E-state index is 12.8. The van der Waals surface area contributed by atoms with Crippen LogP contribution in [0.3, 0.4) is 0 Å². The molecule has 0 bridgehead atoms. The second-order valence-electron chi connectivity index (χ2n) is 12.0. The minimum absolute atomic E-state index is 0.00362. The Balaban J connectivity index is 2.13. The van der Waals surface area contributed by atoms with Gasteiger partial charge in [0.15, 0.2) is 19.8 Å². The summed E-state index contributed by atoms with van der Waals surface area (Å²) in [5.74, 6) is 1.86. The van der Waals surface area contributed by atoms with Gasteiger partial charge >= 0.3 is 5.97 Å². The highest BCUT2D eigenvalue weighted by atomic mass is 28.4. The van der Waals surface area contributed by atoms with Gasteiger partial charge < -0.3 is 28.1 Å². The number of pyridine rings is 2. The number of aryl methyl sites for hydroxylation is 1. The number of fused-ring (bicyclic) bond motifs is 2. The van der Waals surface area contributed by atoms with Gasteiger partial charge in [-0.05, 0) is 67.2 Å². The summed E-state index contributed by atoms with van der Waals surface area (Å²) >= 11 is 0. The lowest BCUT2D eigenvalue weighted by molar-refractivity contribution is 0.0594. The summed E-state index contributed by atoms with van der Waals surface area (Å²) in [6.07, 6.45) is 0. The van der Waals surface area contributed by atoms with Crippen LogP contribution < -0.4 is 18.9 Å². The number of nitrogens with zero attached hydrogens (tertiary/aromatic N) is 2. The molecule has 0 saturated heterocycles. The Labute approximate surface area is 254 Å². The van der Waals surface area contributed by atoms with E-state index in [1.165, 1.54) is 7.11 Å². The first kappa shape index (κ1) is 32.0. The Hall–Kier alpha value is -3.89. The van der Waals surface area contributed by atoms with Crippen LogP contribution in [0.25, 0.3) is 32.9 Å². The van der Waals surface area contributed by atoms with Crippen LogP contribution in [0.5, 0.6) is 23.0 Å². The summed E-state index contributed by atoms with van der Waals surface area (Å²) in [4.78, 5) is 22.7. The average Bonchev–Trinajstić information content (AvgIpc) is 2.96. The van der Waals surface area contributed by atoms with E-state index < -0.39 is 14.3 Å². The van der Waals surface area contributed by atoms with Crippen molar-refractivity contribution in [3.8, 4) is 34.4 Å². The van der Waals surface area contributed by atoms with Gasteiger partial charge in [0.2, 0.25) is 0 Å². The molecule has 0 aliphatic rings. The van der Waals surface area contributed by atoms with E-state index in [0.717, 1.165) is 21.9 Å². The fraction of sp³-hybridized carbons (Fsp3) is 0.424. The standard InChI is InChI=1S/C33H42N2O7Si/c1-18-13-20-14-23(34-25(17-42-43(11,12)33(3,4)5)27(20)31(40-9)29(18)38-7)28-21-16-26(37-6)19(2)30(39-8)22(21)15-24(35-28)32(36)41-10/h13-16H,17H2,1-12H3. The van der Waals surface area contributed by atoms with Gasteiger partial charge in [0.05, 0.1) is 64.6 Å². The third kappa shape index (κ3) is 5.73. The molecular weight excluding hydrogens is 564 g/mol. The number of aromatic nitrogens is 2. The predicted molar refractivity (Wildman–Crippen MR) is 171 cm³/mol. The number of ether oxygens (including phenoxy) is 5. The quantitative estimate of drug-likeness (QED) is 0.142. The van der Waals surface area contributed by atoms with Crippen molar-refractivity contribution in [1.29, 1.82) is 0 Å². The van der Waals surface area contributed by atoms with E-state index in [1.54, 1.807) is 34.5 Å². The lowest BCUT2D eigenvalue weighted by Crippen LogP contribution is -2.40. The molecule has 0 aliphatic carbocycles. The molecule has 43 heavy (non-hydrogen) atoms. The summed E-state index contributed by atoms with van der Waals surface area (Å²) < 4.78 is 34.9. The third-order valence-corrected chi connectivity index (χ3v) is 12.9. The van der Waals surface area contributed by atoms with E-state index >= 15 is 0 Å². The molecule has 10 heteroatoms. The van der Waals surface area contributed by atoms with Crippen LogP contribution in [-0.2, 0) is 15.8 Å². The second kappa shape index (κ2) is 12.0. The van der Waals surface area contributed by atoms with Crippen molar-refractivity contribution >= 4 is 35.8 Å². The minimum Gasteiger partial charge on any atom is -0.496 e. The smallest absolute Gasteiger partial charge is 0.356 e. The zero-order valence-corrected chi connectivity index (χ0v) is 28.3. The average molecular weight is 607 g/mol. The van der Waals surface area contributed by atoms with Gasteiger partial charge in [-0.3, -0.25) is 0 Å². The summed E-state index contributed by atoms with van der Waals surface area (Å²) in [5, 5.41) is 3.07. The van der Waals surface area contributed by atoms with Gasteiger partial charge in [-0.25, -0.2) is 14.8 Å². The molecule has 4 aromatic rings. The lowest BCUT2D eigenvalue weighted by atomic mass is 9.98. The SMILES string of the molecule is COC(=O)c1cc2c(OC)c(C)c(OC)cc2c(-c2cc3cc(C)c(OC)c(OC)c3c(CO[Si](C)(C)C(C)(C)C)n2)n1. The van der Waals surface area contributed by atoms with Crippen LogP contribution in [0, 0.1) is 13.8 Å². The molecule has 230 valence electrons. The molecule has 9 nitrogen and oxygen atoms in total. The van der Waals surface area contributed by atoms with E-state index in [2.05, 4.69) is 33.9 Å². The first-order valence-electron chi connectivity index (χ1n) is 14.1. The maximum absolute atomic E-state index is 12.8. The van der Waals surface area contributed by atoms with Crippen molar-refractivity contribution in [3.63, 3.8) is 0 Å². The summed E-state index contributed by atoms with van der Waals surface area (Å²) in [5.41, 5.74) is 3.55. The second-order valence-corrected chi connectivity index (χ2v) is 16.9. The fourth-order valence-electron chi connectivity index (χ4n) is 5.05. The van der Waals surface area contributed by atoms with Crippen molar-refractivity contribution < 1.29 is 32.9 Å². The lowest BCUT2D eigenvalue weighted by Gasteiger charge is -2.36. The molecule has 0 saturated carbocycles. The number of carbonyl (C=O) groups is 1. The van der Waals surface area contributed by atoms with Crippen LogP contribution >= 0.6 is 0 Å². The van der Waals surface area contributed by atoms with Crippen LogP contribution in [-0.4, -0.2) is 59.8 Å². The molecule has 2 aromatic carbocycles. The molecule has 0 unspecified atom stereocenters. The summed E-state index contributed by atoms with van der Waals surface area (Å²) in [6, 6.07) is 7.56. The van der Waals surface area contributed by atoms with Crippen molar-refractivity contribution in [2.45, 2.75) is 59.4 Å². The molecule has 0 fully saturated rings. The van der Waals surface area contributed by atoms with E-state index in [9.17, 15) is 4.79 Å². The first-order valence-corrected chi connectivity index (χ1v) is 17.0. The van der Waals surface area contributed by atoms with Gasteiger partial charge in [-0.2, -0.15) is 0 Å². The van der Waals surface area contributed by atoms with E-state index in [0.29, 0.717) is 50.9 Å². The molecule has 2 aromatic heterocycles. The van der Waals surface area contributed by atoms with Gasteiger partial charge in [-0.1, -0.05) is 20.8 Å². The molecular formula is C33H42N2O7Si. The topological polar surface area (TPSA) is 98.2 Å². The van der Waals surface area contributed by atoms with Crippen LogP contribution in [0.15, 0.2) is 24.3 Å². The maximum Gasteiger partial charge on any atom is 0.356 e. The third-order valence-electron chi connectivity index (χ3n) is 8.42. The van der Waals surface area contributed by atoms with Crippen LogP contribution in [0.4, 0.5) is 0 Å². The summed E-state index contributed by atoms with van der Waals surface area (Å²) in [6.45, 7) is 15.1. The number of benzene rings is 2. The molecule has 0 radical (unpaired) electrons. The number of hydrogen-bond acceptors (Lipinski definition) is 9. The highest BCUT2D eigenvalue weighted by Crippen LogP contribution is 2.44. The Morgan fingerprint density at radius 2 is 1.47 bits per heavy atom. The zero-order valence-electron chi connectivity index (χ0n) is 27.3. The minimum atomic E-state index is -2.16. The Morgan fingerprint density at radius 3 is 2.02 bits per heavy atom. The van der Waals surface area contributed by atoms with Gasteiger partial charge in [-0.15, -0.1) is 0 Å².